The maximum Gasteiger partial charge on any atom is 0.349 e. The van der Waals surface area contributed by atoms with E-state index in [1.165, 1.54) is 31.7 Å². The molecule has 0 unspecified atom stereocenters. The first kappa shape index (κ1) is 17.7. The van der Waals surface area contributed by atoms with Crippen molar-refractivity contribution in [3.63, 3.8) is 0 Å². The smallest absolute Gasteiger partial charge is 0.349 e. The molecule has 0 saturated carbocycles. The summed E-state index contributed by atoms with van der Waals surface area (Å²) in [6, 6.07) is 1.18. The zero-order valence-corrected chi connectivity index (χ0v) is 13.9. The van der Waals surface area contributed by atoms with Gasteiger partial charge in [-0.05, 0) is 19.9 Å². The van der Waals surface area contributed by atoms with Gasteiger partial charge in [-0.15, -0.1) is 0 Å². The van der Waals surface area contributed by atoms with Crippen molar-refractivity contribution in [2.45, 2.75) is 58.1 Å². The van der Waals surface area contributed by atoms with Gasteiger partial charge in [0.2, 0.25) is 0 Å². The van der Waals surface area contributed by atoms with E-state index in [0.29, 0.717) is 0 Å². The van der Waals surface area contributed by atoms with Crippen molar-refractivity contribution in [3.05, 3.63) is 11.6 Å². The van der Waals surface area contributed by atoms with Gasteiger partial charge in [-0.1, -0.05) is 50.8 Å². The van der Waals surface area contributed by atoms with Gasteiger partial charge in [0.25, 0.3) is 0 Å². The third-order valence-corrected chi connectivity index (χ3v) is 4.44. The molecule has 0 amide bonds. The highest BCUT2D eigenvalue weighted by atomic mass is 35.5. The molecule has 0 fully saturated rings. The highest BCUT2D eigenvalue weighted by Crippen LogP contribution is 2.12. The van der Waals surface area contributed by atoms with E-state index in [9.17, 15) is 4.79 Å². The molecule has 0 aromatic rings. The lowest BCUT2D eigenvalue weighted by Gasteiger charge is -2.25. The second kappa shape index (κ2) is 9.59. The van der Waals surface area contributed by atoms with Gasteiger partial charge in [0.05, 0.1) is 5.60 Å². The Morgan fingerprint density at radius 2 is 2.00 bits per heavy atom. The van der Waals surface area contributed by atoms with Crippen LogP contribution in [0.3, 0.4) is 0 Å². The third-order valence-electron chi connectivity index (χ3n) is 2.51. The topological polar surface area (TPSA) is 35.5 Å². The van der Waals surface area contributed by atoms with Gasteiger partial charge in [0.15, 0.2) is 9.76 Å². The molecule has 0 atom stereocenters. The molecule has 0 bridgehead atoms. The van der Waals surface area contributed by atoms with Crippen molar-refractivity contribution in [1.82, 2.24) is 0 Å². The predicted octanol–water partition coefficient (Wildman–Crippen LogP) is 3.16. The third kappa shape index (κ3) is 9.68. The van der Waals surface area contributed by atoms with E-state index in [1.54, 1.807) is 0 Å². The fraction of sp³-hybridized carbons (Fsp3) is 0.769. The van der Waals surface area contributed by atoms with E-state index in [4.69, 9.17) is 20.8 Å². The minimum absolute atomic E-state index is 0.0948. The molecule has 0 aliphatic carbocycles. The second-order valence-corrected chi connectivity index (χ2v) is 6.86. The average molecular weight is 293 g/mol. The van der Waals surface area contributed by atoms with Crippen molar-refractivity contribution in [2.75, 3.05) is 6.61 Å². The number of halogens is 1. The quantitative estimate of drug-likeness (QED) is 0.268. The Morgan fingerprint density at radius 3 is 2.56 bits per heavy atom. The Hall–Kier alpha value is -0.323. The van der Waals surface area contributed by atoms with Crippen molar-refractivity contribution in [2.24, 2.45) is 0 Å². The van der Waals surface area contributed by atoms with E-state index < -0.39 is 21.3 Å². The lowest BCUT2D eigenvalue weighted by molar-refractivity contribution is -0.143. The number of carbonyl (C=O) groups excluding carboxylic acids is 1. The fourth-order valence-corrected chi connectivity index (χ4v) is 2.81. The van der Waals surface area contributed by atoms with Gasteiger partial charge in [0.1, 0.15) is 11.6 Å². The molecule has 0 spiro atoms. The molecule has 18 heavy (non-hydrogen) atoms. The molecular weight excluding hydrogens is 268 g/mol. The van der Waals surface area contributed by atoms with E-state index in [-0.39, 0.29) is 11.6 Å². The summed E-state index contributed by atoms with van der Waals surface area (Å²) in [7, 11) is -0.532. The van der Waals surface area contributed by atoms with Crippen LogP contribution >= 0.6 is 11.6 Å². The summed E-state index contributed by atoms with van der Waals surface area (Å²) < 4.78 is 10.8. The van der Waals surface area contributed by atoms with Crippen LogP contribution in [0.15, 0.2) is 11.6 Å². The molecule has 106 valence electrons. The Balaban J connectivity index is 3.67. The average Bonchev–Trinajstić information content (AvgIpc) is 2.30. The summed E-state index contributed by atoms with van der Waals surface area (Å²) in [5.74, 6) is -0.571. The highest BCUT2D eigenvalue weighted by molar-refractivity contribution is 6.40. The number of esters is 1. The molecular formula is C13H25ClO3Si. The fourth-order valence-electron chi connectivity index (χ4n) is 1.41. The van der Waals surface area contributed by atoms with Crippen LogP contribution in [0.5, 0.6) is 0 Å². The van der Waals surface area contributed by atoms with Crippen LogP contribution in [0.4, 0.5) is 0 Å². The number of carbonyl (C=O) groups is 1. The van der Waals surface area contributed by atoms with Crippen molar-refractivity contribution < 1.29 is 14.0 Å². The van der Waals surface area contributed by atoms with Gasteiger partial charge in [-0.25, -0.2) is 4.79 Å². The molecule has 0 N–H and O–H groups in total. The second-order valence-electron chi connectivity index (χ2n) is 5.00. The van der Waals surface area contributed by atoms with E-state index in [1.807, 2.05) is 13.8 Å². The minimum Gasteiger partial charge on any atom is -0.458 e. The van der Waals surface area contributed by atoms with Crippen LogP contribution in [0, 0.1) is 0 Å². The van der Waals surface area contributed by atoms with Gasteiger partial charge in [-0.2, -0.15) is 0 Å². The largest absolute Gasteiger partial charge is 0.458 e. The van der Waals surface area contributed by atoms with Gasteiger partial charge >= 0.3 is 5.97 Å². The summed E-state index contributed by atoms with van der Waals surface area (Å²) in [5.41, 5.74) is -0.418. The standard InChI is InChI=1S/C13H25ClO3Si/c1-5-6-7-8-9-18-17-13(3,4)10-16-12(15)11(2)14/h2,5-10,18H2,1,3-4H3. The summed E-state index contributed by atoms with van der Waals surface area (Å²) in [6.45, 7) is 9.60. The molecule has 0 aromatic carbocycles. The molecule has 0 aliphatic rings. The Kier molecular flexibility index (Phi) is 9.41. The Bertz CT molecular complexity index is 267. The molecule has 3 nitrogen and oxygen atoms in total. The SMILES string of the molecule is C=C(Cl)C(=O)OCC(C)(C)O[SiH2]CCCCCC. The van der Waals surface area contributed by atoms with Crippen molar-refractivity contribution >= 4 is 27.3 Å². The van der Waals surface area contributed by atoms with E-state index >= 15 is 0 Å². The number of unbranched alkanes of at least 4 members (excludes halogenated alkanes) is 3. The van der Waals surface area contributed by atoms with Gasteiger partial charge < -0.3 is 9.16 Å². The van der Waals surface area contributed by atoms with Gasteiger partial charge in [0, 0.05) is 0 Å². The lowest BCUT2D eigenvalue weighted by Crippen LogP contribution is -2.33. The zero-order valence-electron chi connectivity index (χ0n) is 11.8. The van der Waals surface area contributed by atoms with Crippen molar-refractivity contribution in [1.29, 1.82) is 0 Å². The first-order valence-corrected chi connectivity index (χ1v) is 8.50. The van der Waals surface area contributed by atoms with Crippen LogP contribution < -0.4 is 0 Å². The highest BCUT2D eigenvalue weighted by Gasteiger charge is 2.20. The van der Waals surface area contributed by atoms with Crippen LogP contribution in [0.2, 0.25) is 6.04 Å². The molecule has 0 heterocycles. The number of hydrogen-bond donors (Lipinski definition) is 0. The lowest BCUT2D eigenvalue weighted by atomic mass is 10.2. The van der Waals surface area contributed by atoms with E-state index in [2.05, 4.69) is 13.5 Å². The van der Waals surface area contributed by atoms with E-state index in [0.717, 1.165) is 0 Å². The molecule has 5 heteroatoms. The molecule has 0 aromatic heterocycles. The molecule has 0 saturated heterocycles. The normalized spacial score (nSPS) is 12.0. The maximum absolute atomic E-state index is 11.1. The Morgan fingerprint density at radius 1 is 1.33 bits per heavy atom. The van der Waals surface area contributed by atoms with Gasteiger partial charge in [-0.3, -0.25) is 0 Å². The first-order chi connectivity index (χ1) is 8.39. The summed E-state index contributed by atoms with van der Waals surface area (Å²) in [4.78, 5) is 11.1. The van der Waals surface area contributed by atoms with Crippen LogP contribution in [-0.4, -0.2) is 27.9 Å². The number of rotatable bonds is 10. The van der Waals surface area contributed by atoms with Crippen LogP contribution in [-0.2, 0) is 14.0 Å². The first-order valence-electron chi connectivity index (χ1n) is 6.54. The zero-order chi connectivity index (χ0) is 14.0. The minimum atomic E-state index is -0.571. The summed E-state index contributed by atoms with van der Waals surface area (Å²) in [6.07, 6.45) is 5.09. The predicted molar refractivity (Wildman–Crippen MR) is 78.6 cm³/mol. The number of ether oxygens (including phenoxy) is 1. The maximum atomic E-state index is 11.1. The molecule has 0 radical (unpaired) electrons. The van der Waals surface area contributed by atoms with Crippen LogP contribution in [0.1, 0.15) is 46.5 Å². The Labute approximate surface area is 118 Å². The van der Waals surface area contributed by atoms with Crippen molar-refractivity contribution in [3.8, 4) is 0 Å². The summed E-state index contributed by atoms with van der Waals surface area (Å²) >= 11 is 5.43. The monoisotopic (exact) mass is 292 g/mol. The molecule has 0 aliphatic heterocycles. The molecule has 0 rings (SSSR count). The summed E-state index contributed by atoms with van der Waals surface area (Å²) in [5, 5.41) is -0.0948. The number of hydrogen-bond acceptors (Lipinski definition) is 3. The van der Waals surface area contributed by atoms with Crippen LogP contribution in [0.25, 0.3) is 0 Å².